The largest absolute Gasteiger partial charge is 0.396 e. The molecule has 0 saturated heterocycles. The molecule has 0 aliphatic rings. The molecule has 2 rings (SSSR count). The van der Waals surface area contributed by atoms with Gasteiger partial charge in [-0.2, -0.15) is 5.10 Å². The minimum absolute atomic E-state index is 0.0650. The molecule has 0 fully saturated rings. The highest BCUT2D eigenvalue weighted by atomic mass is 35.5. The van der Waals surface area contributed by atoms with Crippen molar-refractivity contribution >= 4 is 23.2 Å². The van der Waals surface area contributed by atoms with Crippen molar-refractivity contribution in [3.8, 4) is 0 Å². The Kier molecular flexibility index (Phi) is 2.97. The van der Waals surface area contributed by atoms with Crippen molar-refractivity contribution in [2.24, 2.45) is 5.73 Å². The summed E-state index contributed by atoms with van der Waals surface area (Å²) in [5.74, 6) is -0.651. The second-order valence-corrected chi connectivity index (χ2v) is 3.87. The molecule has 0 bridgehead atoms. The smallest absolute Gasteiger partial charge is 0.271 e. The summed E-state index contributed by atoms with van der Waals surface area (Å²) < 4.78 is 1.51. The second-order valence-electron chi connectivity index (χ2n) is 3.46. The fraction of sp³-hybridized carbons (Fsp3) is 0.100. The first kappa shape index (κ1) is 11.4. The summed E-state index contributed by atoms with van der Waals surface area (Å²) in [6.07, 6.45) is 4.71. The van der Waals surface area contributed by atoms with Gasteiger partial charge in [0.1, 0.15) is 0 Å². The molecule has 2 heterocycles. The van der Waals surface area contributed by atoms with Crippen LogP contribution in [0.25, 0.3) is 0 Å². The average molecular weight is 252 g/mol. The molecule has 4 N–H and O–H groups in total. The van der Waals surface area contributed by atoms with Gasteiger partial charge in [-0.1, -0.05) is 11.6 Å². The van der Waals surface area contributed by atoms with Gasteiger partial charge in [0.2, 0.25) is 0 Å². The first-order valence-electron chi connectivity index (χ1n) is 4.79. The van der Waals surface area contributed by atoms with Gasteiger partial charge in [0.25, 0.3) is 5.91 Å². The molecule has 2 aromatic heterocycles. The Balaban J connectivity index is 2.28. The number of rotatable bonds is 3. The summed E-state index contributed by atoms with van der Waals surface area (Å²) in [7, 11) is 0. The Bertz CT molecular complexity index is 566. The Morgan fingerprint density at radius 1 is 1.53 bits per heavy atom. The molecular formula is C10H10ClN5O. The van der Waals surface area contributed by atoms with E-state index in [4.69, 9.17) is 23.1 Å². The maximum Gasteiger partial charge on any atom is 0.271 e. The highest BCUT2D eigenvalue weighted by Gasteiger charge is 2.11. The van der Waals surface area contributed by atoms with E-state index in [1.165, 1.54) is 10.9 Å². The van der Waals surface area contributed by atoms with E-state index in [0.717, 1.165) is 5.56 Å². The van der Waals surface area contributed by atoms with Crippen molar-refractivity contribution in [3.05, 3.63) is 40.9 Å². The first-order valence-corrected chi connectivity index (χ1v) is 5.17. The van der Waals surface area contributed by atoms with Gasteiger partial charge >= 0.3 is 0 Å². The van der Waals surface area contributed by atoms with Crippen molar-refractivity contribution in [1.82, 2.24) is 14.8 Å². The minimum Gasteiger partial charge on any atom is -0.396 e. The molecule has 0 aliphatic carbocycles. The number of carbonyl (C=O) groups excluding carboxylic acids is 1. The zero-order valence-electron chi connectivity index (χ0n) is 8.80. The van der Waals surface area contributed by atoms with Crippen molar-refractivity contribution in [1.29, 1.82) is 0 Å². The van der Waals surface area contributed by atoms with E-state index in [1.807, 2.05) is 0 Å². The molecule has 0 atom stereocenters. The fourth-order valence-corrected chi connectivity index (χ4v) is 1.60. The zero-order chi connectivity index (χ0) is 12.4. The van der Waals surface area contributed by atoms with E-state index in [0.29, 0.717) is 11.6 Å². The number of nitrogens with zero attached hydrogens (tertiary/aromatic N) is 3. The lowest BCUT2D eigenvalue weighted by molar-refractivity contribution is 0.0995. The second kappa shape index (κ2) is 4.42. The Morgan fingerprint density at radius 3 is 2.88 bits per heavy atom. The van der Waals surface area contributed by atoms with E-state index in [2.05, 4.69) is 10.1 Å². The normalized spacial score (nSPS) is 10.4. The van der Waals surface area contributed by atoms with E-state index in [9.17, 15) is 4.79 Å². The number of anilines is 1. The van der Waals surface area contributed by atoms with Crippen LogP contribution in [-0.4, -0.2) is 20.7 Å². The third-order valence-electron chi connectivity index (χ3n) is 2.21. The number of primary amides is 1. The molecule has 88 valence electrons. The maximum atomic E-state index is 11.0. The van der Waals surface area contributed by atoms with E-state index < -0.39 is 5.91 Å². The molecule has 17 heavy (non-hydrogen) atoms. The van der Waals surface area contributed by atoms with Crippen LogP contribution in [0.2, 0.25) is 5.02 Å². The van der Waals surface area contributed by atoms with Gasteiger partial charge in [-0.25, -0.2) is 0 Å². The van der Waals surface area contributed by atoms with Crippen molar-refractivity contribution < 1.29 is 4.79 Å². The van der Waals surface area contributed by atoms with Crippen LogP contribution >= 0.6 is 11.6 Å². The Hall–Kier alpha value is -2.08. The van der Waals surface area contributed by atoms with Crippen molar-refractivity contribution in [2.75, 3.05) is 5.73 Å². The monoisotopic (exact) mass is 251 g/mol. The average Bonchev–Trinajstić information content (AvgIpc) is 2.63. The lowest BCUT2D eigenvalue weighted by atomic mass is 10.3. The van der Waals surface area contributed by atoms with Crippen LogP contribution in [0.1, 0.15) is 16.1 Å². The third-order valence-corrected chi connectivity index (χ3v) is 2.55. The highest BCUT2D eigenvalue weighted by Crippen LogP contribution is 2.16. The van der Waals surface area contributed by atoms with Gasteiger partial charge in [-0.15, -0.1) is 0 Å². The summed E-state index contributed by atoms with van der Waals surface area (Å²) >= 11 is 5.96. The number of hydrogen-bond acceptors (Lipinski definition) is 4. The minimum atomic E-state index is -0.651. The number of halogens is 1. The number of carbonyl (C=O) groups is 1. The predicted molar refractivity (Wildman–Crippen MR) is 63.5 cm³/mol. The van der Waals surface area contributed by atoms with Gasteiger partial charge in [0.05, 0.1) is 17.3 Å². The number of nitrogen functional groups attached to an aromatic ring is 1. The lowest BCUT2D eigenvalue weighted by Crippen LogP contribution is -2.14. The third kappa shape index (κ3) is 2.36. The number of hydrogen-bond donors (Lipinski definition) is 2. The number of nitrogens with two attached hydrogens (primary N) is 2. The van der Waals surface area contributed by atoms with Crippen LogP contribution < -0.4 is 11.5 Å². The molecule has 0 saturated carbocycles. The number of aromatic nitrogens is 3. The molecule has 7 heteroatoms. The Labute approximate surface area is 102 Å². The summed E-state index contributed by atoms with van der Waals surface area (Å²) in [6.45, 7) is 0.402. The van der Waals surface area contributed by atoms with E-state index in [-0.39, 0.29) is 11.4 Å². The zero-order valence-corrected chi connectivity index (χ0v) is 9.55. The van der Waals surface area contributed by atoms with Crippen LogP contribution in [0.15, 0.2) is 24.7 Å². The van der Waals surface area contributed by atoms with Crippen LogP contribution in [0, 0.1) is 0 Å². The highest BCUT2D eigenvalue weighted by molar-refractivity contribution is 6.31. The molecule has 0 radical (unpaired) electrons. The molecular weight excluding hydrogens is 242 g/mol. The van der Waals surface area contributed by atoms with E-state index in [1.54, 1.807) is 18.5 Å². The van der Waals surface area contributed by atoms with Crippen LogP contribution in [-0.2, 0) is 6.54 Å². The van der Waals surface area contributed by atoms with Crippen molar-refractivity contribution in [2.45, 2.75) is 6.54 Å². The van der Waals surface area contributed by atoms with Gasteiger partial charge in [0.15, 0.2) is 5.69 Å². The quantitative estimate of drug-likeness (QED) is 0.837. The molecule has 0 unspecified atom stereocenters. The van der Waals surface area contributed by atoms with Crippen LogP contribution in [0.4, 0.5) is 5.69 Å². The topological polar surface area (TPSA) is 99.8 Å². The Morgan fingerprint density at radius 2 is 2.29 bits per heavy atom. The molecule has 0 spiro atoms. The van der Waals surface area contributed by atoms with Gasteiger partial charge in [-0.05, 0) is 11.6 Å². The SMILES string of the molecule is NC(=O)c1nn(Cc2ccncc2Cl)cc1N. The molecule has 0 aliphatic heterocycles. The standard InChI is InChI=1S/C10H10ClN5O/c11-7-3-14-2-1-6(7)4-16-5-8(12)9(15-16)10(13)17/h1-3,5H,4,12H2,(H2,13,17). The fourth-order valence-electron chi connectivity index (χ4n) is 1.42. The van der Waals surface area contributed by atoms with Gasteiger partial charge in [0, 0.05) is 18.6 Å². The first-order chi connectivity index (χ1) is 8.08. The summed E-state index contributed by atoms with van der Waals surface area (Å²) in [6, 6.07) is 1.77. The molecule has 6 nitrogen and oxygen atoms in total. The summed E-state index contributed by atoms with van der Waals surface area (Å²) in [5, 5.41) is 4.51. The number of amides is 1. The predicted octanol–water partition coefficient (Wildman–Crippen LogP) is 0.661. The van der Waals surface area contributed by atoms with Crippen molar-refractivity contribution in [3.63, 3.8) is 0 Å². The summed E-state index contributed by atoms with van der Waals surface area (Å²) in [5.41, 5.74) is 11.9. The van der Waals surface area contributed by atoms with Crippen LogP contribution in [0.3, 0.4) is 0 Å². The van der Waals surface area contributed by atoms with Crippen LogP contribution in [0.5, 0.6) is 0 Å². The lowest BCUT2D eigenvalue weighted by Gasteiger charge is -2.02. The van der Waals surface area contributed by atoms with Gasteiger partial charge < -0.3 is 11.5 Å². The molecule has 1 amide bonds. The number of pyridine rings is 1. The van der Waals surface area contributed by atoms with E-state index >= 15 is 0 Å². The maximum absolute atomic E-state index is 11.0. The molecule has 0 aromatic carbocycles. The molecule has 2 aromatic rings. The summed E-state index contributed by atoms with van der Waals surface area (Å²) in [4.78, 5) is 14.9. The van der Waals surface area contributed by atoms with Gasteiger partial charge in [-0.3, -0.25) is 14.5 Å².